The van der Waals surface area contributed by atoms with Crippen LogP contribution >= 0.6 is 0 Å². The number of hydrogen-bond acceptors (Lipinski definition) is 5. The molecule has 142 valence electrons. The molecule has 0 spiro atoms. The van der Waals surface area contributed by atoms with Gasteiger partial charge in [-0.2, -0.15) is 12.7 Å². The van der Waals surface area contributed by atoms with Crippen molar-refractivity contribution in [3.05, 3.63) is 23.6 Å². The summed E-state index contributed by atoms with van der Waals surface area (Å²) in [7, 11) is -1.09. The van der Waals surface area contributed by atoms with Gasteiger partial charge in [0, 0.05) is 26.3 Å². The predicted molar refractivity (Wildman–Crippen MR) is 96.8 cm³/mol. The van der Waals surface area contributed by atoms with E-state index in [4.69, 9.17) is 5.73 Å². The summed E-state index contributed by atoms with van der Waals surface area (Å²) in [5, 5.41) is 0. The molecule has 2 heterocycles. The van der Waals surface area contributed by atoms with Crippen molar-refractivity contribution >= 4 is 16.0 Å². The van der Waals surface area contributed by atoms with Gasteiger partial charge >= 0.3 is 10.2 Å². The predicted octanol–water partition coefficient (Wildman–Crippen LogP) is 1.56. The molecule has 0 saturated carbocycles. The van der Waals surface area contributed by atoms with E-state index in [0.717, 1.165) is 29.9 Å². The van der Waals surface area contributed by atoms with Crippen molar-refractivity contribution in [3.63, 3.8) is 0 Å². The molecule has 3 N–H and O–H groups in total. The molecular weight excluding hydrogens is 345 g/mol. The van der Waals surface area contributed by atoms with Crippen LogP contribution in [0.2, 0.25) is 0 Å². The molecule has 0 aliphatic carbocycles. The summed E-state index contributed by atoms with van der Waals surface area (Å²) in [4.78, 5) is 6.26. The van der Waals surface area contributed by atoms with Gasteiger partial charge in [0.1, 0.15) is 0 Å². The van der Waals surface area contributed by atoms with Gasteiger partial charge in [0.25, 0.3) is 0 Å². The van der Waals surface area contributed by atoms with Crippen LogP contribution in [0.4, 0.5) is 10.2 Å². The first kappa shape index (κ1) is 20.0. The van der Waals surface area contributed by atoms with Crippen LogP contribution in [0, 0.1) is 11.7 Å². The second-order valence-electron chi connectivity index (χ2n) is 6.91. The molecule has 1 aliphatic rings. The van der Waals surface area contributed by atoms with Crippen LogP contribution in [0.15, 0.2) is 12.3 Å². The molecule has 1 saturated heterocycles. The topological polar surface area (TPSA) is 91.6 Å². The van der Waals surface area contributed by atoms with Gasteiger partial charge in [-0.05, 0) is 56.4 Å². The Morgan fingerprint density at radius 3 is 2.64 bits per heavy atom. The van der Waals surface area contributed by atoms with Gasteiger partial charge in [-0.25, -0.2) is 9.37 Å². The van der Waals surface area contributed by atoms with Crippen molar-refractivity contribution in [3.8, 4) is 0 Å². The Labute approximate surface area is 149 Å². The molecule has 0 radical (unpaired) electrons. The smallest absolute Gasteiger partial charge is 0.302 e. The molecule has 1 aromatic rings. The number of hydrogen-bond donors (Lipinski definition) is 2. The normalized spacial score (nSPS) is 18.5. The fourth-order valence-corrected chi connectivity index (χ4v) is 3.30. The number of nitrogens with one attached hydrogen (secondary N) is 1. The first-order valence-corrected chi connectivity index (χ1v) is 9.96. The van der Waals surface area contributed by atoms with Crippen LogP contribution in [-0.4, -0.2) is 56.3 Å². The Morgan fingerprint density at radius 2 is 2.08 bits per heavy atom. The van der Waals surface area contributed by atoms with Gasteiger partial charge in [0.2, 0.25) is 0 Å². The highest BCUT2D eigenvalue weighted by Crippen LogP contribution is 2.21. The van der Waals surface area contributed by atoms with Crippen LogP contribution in [0.3, 0.4) is 0 Å². The van der Waals surface area contributed by atoms with Gasteiger partial charge in [-0.1, -0.05) is 6.92 Å². The van der Waals surface area contributed by atoms with Gasteiger partial charge in [-0.15, -0.1) is 0 Å². The number of pyridine rings is 1. The lowest BCUT2D eigenvalue weighted by Crippen LogP contribution is -2.34. The number of nitrogens with two attached hydrogens (primary N) is 1. The summed E-state index contributed by atoms with van der Waals surface area (Å²) in [6, 6.07) is 0.921. The van der Waals surface area contributed by atoms with E-state index >= 15 is 0 Å². The number of rotatable bonds is 7. The number of piperidine rings is 1. The highest BCUT2D eigenvalue weighted by molar-refractivity contribution is 7.90. The third kappa shape index (κ3) is 5.60. The van der Waals surface area contributed by atoms with Crippen molar-refractivity contribution in [2.45, 2.75) is 32.2 Å². The Hall–Kier alpha value is -1.29. The molecule has 9 heteroatoms. The van der Waals surface area contributed by atoms with Gasteiger partial charge in [-0.3, -0.25) is 4.72 Å². The highest BCUT2D eigenvalue weighted by atomic mass is 32.2. The minimum Gasteiger partial charge on any atom is -0.324 e. The van der Waals surface area contributed by atoms with Crippen molar-refractivity contribution in [1.82, 2.24) is 14.2 Å². The molecule has 1 aromatic heterocycles. The number of halogens is 1. The molecule has 25 heavy (non-hydrogen) atoms. The zero-order valence-corrected chi connectivity index (χ0v) is 15.9. The molecule has 0 unspecified atom stereocenters. The fraction of sp³-hybridized carbons (Fsp3) is 0.688. The Kier molecular flexibility index (Phi) is 6.72. The van der Waals surface area contributed by atoms with Crippen LogP contribution in [0.25, 0.3) is 0 Å². The van der Waals surface area contributed by atoms with E-state index in [2.05, 4.69) is 21.5 Å². The fourth-order valence-electron chi connectivity index (χ4n) is 2.72. The third-order valence-corrected chi connectivity index (χ3v) is 6.04. The lowest BCUT2D eigenvalue weighted by atomic mass is 9.98. The molecule has 1 atom stereocenters. The summed E-state index contributed by atoms with van der Waals surface area (Å²) < 4.78 is 40.7. The first-order chi connectivity index (χ1) is 11.7. The van der Waals surface area contributed by atoms with E-state index < -0.39 is 16.0 Å². The monoisotopic (exact) mass is 373 g/mol. The van der Waals surface area contributed by atoms with Crippen molar-refractivity contribution in [2.75, 3.05) is 38.5 Å². The average molecular weight is 373 g/mol. The lowest BCUT2D eigenvalue weighted by Gasteiger charge is -2.30. The molecular formula is C16H28FN5O2S. The SMILES string of the molecule is CC1CCN(CC[C@@H](N)c2cnc(NS(=O)(=O)N(C)C)c(F)c2)CC1. The second-order valence-corrected chi connectivity index (χ2v) is 8.79. The van der Waals surface area contributed by atoms with Crippen LogP contribution in [0.5, 0.6) is 0 Å². The van der Waals surface area contributed by atoms with Gasteiger partial charge < -0.3 is 10.6 Å². The Bertz CT molecular complexity index is 675. The Balaban J connectivity index is 1.95. The second kappa shape index (κ2) is 8.39. The van der Waals surface area contributed by atoms with E-state index in [1.807, 2.05) is 0 Å². The van der Waals surface area contributed by atoms with Crippen LogP contribution < -0.4 is 10.5 Å². The van der Waals surface area contributed by atoms with Crippen molar-refractivity contribution in [2.24, 2.45) is 11.7 Å². The van der Waals surface area contributed by atoms with E-state index in [1.54, 1.807) is 0 Å². The van der Waals surface area contributed by atoms with E-state index in [1.165, 1.54) is 39.2 Å². The summed E-state index contributed by atoms with van der Waals surface area (Å²) >= 11 is 0. The standard InChI is InChI=1S/C16H28FN5O2S/c1-12-4-7-22(8-5-12)9-6-15(18)13-10-14(17)16(19-11-13)20-25(23,24)21(2)3/h10-12,15H,4-9,18H2,1-3H3,(H,19,20)/t15-/m1/s1. The maximum Gasteiger partial charge on any atom is 0.302 e. The quantitative estimate of drug-likeness (QED) is 0.757. The molecule has 0 amide bonds. The summed E-state index contributed by atoms with van der Waals surface area (Å²) in [5.74, 6) is -0.276. The zero-order chi connectivity index (χ0) is 18.6. The average Bonchev–Trinajstić information content (AvgIpc) is 2.55. The minimum absolute atomic E-state index is 0.324. The number of aromatic nitrogens is 1. The van der Waals surface area contributed by atoms with Crippen molar-refractivity contribution in [1.29, 1.82) is 0 Å². The largest absolute Gasteiger partial charge is 0.324 e. The molecule has 0 bridgehead atoms. The molecule has 1 aliphatic heterocycles. The van der Waals surface area contributed by atoms with Crippen LogP contribution in [-0.2, 0) is 10.2 Å². The number of nitrogens with zero attached hydrogens (tertiary/aromatic N) is 3. The third-order valence-electron chi connectivity index (χ3n) is 4.63. The minimum atomic E-state index is -3.79. The summed E-state index contributed by atoms with van der Waals surface area (Å²) in [6.45, 7) is 5.28. The molecule has 1 fully saturated rings. The van der Waals surface area contributed by atoms with Gasteiger partial charge in [0.05, 0.1) is 0 Å². The number of anilines is 1. The first-order valence-electron chi connectivity index (χ1n) is 8.52. The maximum atomic E-state index is 14.2. The highest BCUT2D eigenvalue weighted by Gasteiger charge is 2.19. The number of likely N-dealkylation sites (tertiary alicyclic amines) is 1. The summed E-state index contributed by atoms with van der Waals surface area (Å²) in [5.41, 5.74) is 6.72. The molecule has 0 aromatic carbocycles. The Morgan fingerprint density at radius 1 is 1.44 bits per heavy atom. The van der Waals surface area contributed by atoms with E-state index in [0.29, 0.717) is 12.0 Å². The maximum absolute atomic E-state index is 14.2. The van der Waals surface area contributed by atoms with Gasteiger partial charge in [0.15, 0.2) is 11.6 Å². The summed E-state index contributed by atoms with van der Waals surface area (Å²) in [6.07, 6.45) is 4.54. The molecule has 7 nitrogen and oxygen atoms in total. The van der Waals surface area contributed by atoms with Crippen molar-refractivity contribution < 1.29 is 12.8 Å². The van der Waals surface area contributed by atoms with E-state index in [-0.39, 0.29) is 11.9 Å². The lowest BCUT2D eigenvalue weighted by molar-refractivity contribution is 0.187. The van der Waals surface area contributed by atoms with E-state index in [9.17, 15) is 12.8 Å². The zero-order valence-electron chi connectivity index (χ0n) is 15.1. The molecule has 2 rings (SSSR count). The van der Waals surface area contributed by atoms with Crippen LogP contribution in [0.1, 0.15) is 37.8 Å².